The van der Waals surface area contributed by atoms with Crippen LogP contribution in [0, 0.1) is 0 Å². The zero-order valence-corrected chi connectivity index (χ0v) is 9.04. The molecule has 1 heterocycles. The summed E-state index contributed by atoms with van der Waals surface area (Å²) < 4.78 is 5.51. The lowest BCUT2D eigenvalue weighted by molar-refractivity contribution is -0.115. The van der Waals surface area contributed by atoms with Crippen molar-refractivity contribution in [2.45, 2.75) is 20.4 Å². The summed E-state index contributed by atoms with van der Waals surface area (Å²) in [6, 6.07) is 6.11. The Kier molecular flexibility index (Phi) is 2.78. The third kappa shape index (κ3) is 2.21. The van der Waals surface area contributed by atoms with E-state index in [0.29, 0.717) is 13.2 Å². The third-order valence-corrected chi connectivity index (χ3v) is 2.61. The van der Waals surface area contributed by atoms with E-state index in [1.165, 1.54) is 11.0 Å². The molecule has 0 amide bonds. The molecule has 0 saturated heterocycles. The predicted octanol–water partition coefficient (Wildman–Crippen LogP) is 1.05. The summed E-state index contributed by atoms with van der Waals surface area (Å²) in [7, 11) is 0. The first-order valence-electron chi connectivity index (χ1n) is 5.14. The van der Waals surface area contributed by atoms with Gasteiger partial charge < -0.3 is 9.97 Å². The van der Waals surface area contributed by atoms with Crippen molar-refractivity contribution in [3.8, 4) is 0 Å². The summed E-state index contributed by atoms with van der Waals surface area (Å²) in [5, 5.41) is 3.09. The molecule has 78 valence electrons. The minimum absolute atomic E-state index is 0.139. The highest BCUT2D eigenvalue weighted by molar-refractivity contribution is 6.67. The van der Waals surface area contributed by atoms with Gasteiger partial charge in [-0.3, -0.25) is 4.79 Å². The van der Waals surface area contributed by atoms with Crippen molar-refractivity contribution in [1.82, 2.24) is 0 Å². The quantitative estimate of drug-likeness (QED) is 0.746. The zero-order chi connectivity index (χ0) is 10.8. The van der Waals surface area contributed by atoms with Crippen LogP contribution in [0.3, 0.4) is 0 Å². The summed E-state index contributed by atoms with van der Waals surface area (Å²) >= 11 is 0. The van der Waals surface area contributed by atoms with Crippen LogP contribution in [0.4, 0.5) is 5.69 Å². The van der Waals surface area contributed by atoms with E-state index >= 15 is 0 Å². The second kappa shape index (κ2) is 4.07. The van der Waals surface area contributed by atoms with E-state index in [-0.39, 0.29) is 12.7 Å². The van der Waals surface area contributed by atoms with Crippen LogP contribution in [-0.4, -0.2) is 19.2 Å². The molecule has 1 aliphatic rings. The Bertz CT molecular complexity index is 392. The molecular weight excluding hydrogens is 189 g/mol. The van der Waals surface area contributed by atoms with E-state index in [2.05, 4.69) is 17.4 Å². The summed E-state index contributed by atoms with van der Waals surface area (Å²) in [6.45, 7) is 4.86. The van der Waals surface area contributed by atoms with Crippen LogP contribution in [0.5, 0.6) is 0 Å². The Labute approximate surface area is 89.9 Å². The molecule has 15 heavy (non-hydrogen) atoms. The molecule has 0 spiro atoms. The fraction of sp³-hybridized carbons (Fsp3) is 0.364. The highest BCUT2D eigenvalue weighted by Crippen LogP contribution is 2.15. The Morgan fingerprint density at radius 3 is 3.13 bits per heavy atom. The Balaban J connectivity index is 2.14. The largest absolute Gasteiger partial charge is 0.427 e. The fourth-order valence-electron chi connectivity index (χ4n) is 1.75. The highest BCUT2D eigenvalue weighted by Gasteiger charge is 2.23. The van der Waals surface area contributed by atoms with Gasteiger partial charge in [0.05, 0.1) is 13.2 Å². The van der Waals surface area contributed by atoms with Gasteiger partial charge in [-0.1, -0.05) is 12.9 Å². The molecule has 0 bridgehead atoms. The number of nitrogens with one attached hydrogen (secondary N) is 1. The van der Waals surface area contributed by atoms with E-state index in [0.717, 1.165) is 5.69 Å². The van der Waals surface area contributed by atoms with E-state index in [9.17, 15) is 4.79 Å². The predicted molar refractivity (Wildman–Crippen MR) is 61.7 cm³/mol. The summed E-state index contributed by atoms with van der Waals surface area (Å²) in [5.74, 6) is 0.139. The van der Waals surface area contributed by atoms with Crippen molar-refractivity contribution in [1.29, 1.82) is 0 Å². The normalized spacial score (nSPS) is 13.9. The monoisotopic (exact) mass is 203 g/mol. The second-order valence-corrected chi connectivity index (χ2v) is 3.92. The van der Waals surface area contributed by atoms with E-state index < -0.39 is 0 Å². The van der Waals surface area contributed by atoms with Crippen LogP contribution in [0.1, 0.15) is 12.5 Å². The highest BCUT2D eigenvalue weighted by atomic mass is 16.4. The molecular formula is C11H14BNO2. The number of rotatable bonds is 3. The third-order valence-electron chi connectivity index (χ3n) is 2.61. The fourth-order valence-corrected chi connectivity index (χ4v) is 1.75. The van der Waals surface area contributed by atoms with Crippen LogP contribution in [0.25, 0.3) is 0 Å². The molecule has 0 atom stereocenters. The summed E-state index contributed by atoms with van der Waals surface area (Å²) in [6.07, 6.45) is 0. The number of anilines is 1. The summed E-state index contributed by atoms with van der Waals surface area (Å²) in [5.41, 5.74) is 3.46. The van der Waals surface area contributed by atoms with Gasteiger partial charge >= 0.3 is 6.92 Å². The van der Waals surface area contributed by atoms with Gasteiger partial charge in [0.1, 0.15) is 5.78 Å². The Morgan fingerprint density at radius 2 is 2.40 bits per heavy atom. The molecule has 0 radical (unpaired) electrons. The van der Waals surface area contributed by atoms with Crippen LogP contribution >= 0.6 is 0 Å². The van der Waals surface area contributed by atoms with Crippen LogP contribution in [0.2, 0.25) is 6.82 Å². The number of fused-ring (bicyclic) bond motifs is 1. The number of Topliss-reactive ketones (excluding diaryl/α,β-unsaturated/α-hetero) is 1. The van der Waals surface area contributed by atoms with Gasteiger partial charge in [0.25, 0.3) is 0 Å². The Hall–Kier alpha value is -1.29. The molecule has 0 unspecified atom stereocenters. The van der Waals surface area contributed by atoms with Crippen molar-refractivity contribution in [3.05, 3.63) is 23.8 Å². The standard InChI is InChI=1S/C11H14BNO2/c1-8(14)6-13-10-4-3-9-7-15-12(2)11(9)5-10/h3-5,13H,6-7H2,1-2H3. The maximum absolute atomic E-state index is 10.8. The molecule has 0 fully saturated rings. The van der Waals surface area contributed by atoms with Crippen LogP contribution in [-0.2, 0) is 16.1 Å². The van der Waals surface area contributed by atoms with Crippen molar-refractivity contribution >= 4 is 23.8 Å². The lowest BCUT2D eigenvalue weighted by Gasteiger charge is -2.06. The van der Waals surface area contributed by atoms with Gasteiger partial charge in [-0.2, -0.15) is 0 Å². The number of carbonyl (C=O) groups excluding carboxylic acids is 1. The van der Waals surface area contributed by atoms with Crippen molar-refractivity contribution < 1.29 is 9.45 Å². The van der Waals surface area contributed by atoms with E-state index in [1.54, 1.807) is 6.92 Å². The minimum Gasteiger partial charge on any atom is -0.427 e. The second-order valence-electron chi connectivity index (χ2n) is 3.92. The summed E-state index contributed by atoms with van der Waals surface area (Å²) in [4.78, 5) is 10.8. The van der Waals surface area contributed by atoms with Gasteiger partial charge in [0, 0.05) is 5.69 Å². The molecule has 1 aromatic carbocycles. The number of ketones is 1. The average molecular weight is 203 g/mol. The average Bonchev–Trinajstić information content (AvgIpc) is 2.57. The van der Waals surface area contributed by atoms with Gasteiger partial charge in [-0.25, -0.2) is 0 Å². The van der Waals surface area contributed by atoms with Crippen LogP contribution < -0.4 is 10.8 Å². The maximum Gasteiger partial charge on any atom is 0.324 e. The molecule has 1 aromatic rings. The van der Waals surface area contributed by atoms with Gasteiger partial charge in [0.2, 0.25) is 0 Å². The molecule has 1 aliphatic heterocycles. The number of benzene rings is 1. The number of hydrogen-bond donors (Lipinski definition) is 1. The molecule has 0 aromatic heterocycles. The van der Waals surface area contributed by atoms with Crippen molar-refractivity contribution in [3.63, 3.8) is 0 Å². The van der Waals surface area contributed by atoms with Crippen LogP contribution in [0.15, 0.2) is 18.2 Å². The number of carbonyl (C=O) groups is 1. The molecule has 2 rings (SSSR count). The topological polar surface area (TPSA) is 38.3 Å². The van der Waals surface area contributed by atoms with Gasteiger partial charge in [-0.05, 0) is 30.1 Å². The van der Waals surface area contributed by atoms with Crippen molar-refractivity contribution in [2.75, 3.05) is 11.9 Å². The minimum atomic E-state index is 0.139. The van der Waals surface area contributed by atoms with E-state index in [1.807, 2.05) is 12.9 Å². The first kappa shape index (κ1) is 10.2. The lowest BCUT2D eigenvalue weighted by atomic mass is 9.64. The Morgan fingerprint density at radius 1 is 1.60 bits per heavy atom. The smallest absolute Gasteiger partial charge is 0.324 e. The molecule has 1 N–H and O–H groups in total. The molecule has 0 saturated carbocycles. The molecule has 4 heteroatoms. The first-order chi connectivity index (χ1) is 7.16. The zero-order valence-electron chi connectivity index (χ0n) is 9.04. The van der Waals surface area contributed by atoms with Gasteiger partial charge in [-0.15, -0.1) is 0 Å². The van der Waals surface area contributed by atoms with Crippen molar-refractivity contribution in [2.24, 2.45) is 0 Å². The van der Waals surface area contributed by atoms with E-state index in [4.69, 9.17) is 4.65 Å². The molecule has 3 nitrogen and oxygen atoms in total. The first-order valence-corrected chi connectivity index (χ1v) is 5.14. The maximum atomic E-state index is 10.8. The lowest BCUT2D eigenvalue weighted by Crippen LogP contribution is -2.24. The SMILES string of the molecule is CB1OCc2ccc(NCC(C)=O)cc21. The molecule has 0 aliphatic carbocycles. The number of hydrogen-bond acceptors (Lipinski definition) is 3. The van der Waals surface area contributed by atoms with Gasteiger partial charge in [0.15, 0.2) is 0 Å².